The summed E-state index contributed by atoms with van der Waals surface area (Å²) < 4.78 is 11.5. The molecule has 2 aliphatic rings. The van der Waals surface area contributed by atoms with E-state index in [1.165, 1.54) is 0 Å². The van der Waals surface area contributed by atoms with E-state index >= 15 is 0 Å². The third-order valence-electron chi connectivity index (χ3n) is 5.82. The molecule has 2 fully saturated rings. The van der Waals surface area contributed by atoms with Gasteiger partial charge < -0.3 is 19.0 Å². The number of piperidine rings is 2. The number of hydrogen-bond acceptors (Lipinski definition) is 5. The van der Waals surface area contributed by atoms with Crippen molar-refractivity contribution >= 4 is 23.1 Å². The minimum absolute atomic E-state index is 0.112. The van der Waals surface area contributed by atoms with Crippen LogP contribution < -0.4 is 0 Å². The van der Waals surface area contributed by atoms with Crippen molar-refractivity contribution < 1.29 is 18.7 Å². The standard InChI is InChI=1S/C23H31N3O4/c1-23(2,3)30-22(28)26-13-7-9-17(15-26)21(27)25-12-6-8-16(14-25)20-24-18-10-4-5-11-19(18)29-20/h4-5,10-11,16-17H,6-9,12-15H2,1-3H3/t16-,17+/m1/s1. The van der Waals surface area contributed by atoms with Crippen LogP contribution in [0.1, 0.15) is 58.3 Å². The lowest BCUT2D eigenvalue weighted by atomic mass is 9.93. The molecule has 4 rings (SSSR count). The summed E-state index contributed by atoms with van der Waals surface area (Å²) >= 11 is 0. The summed E-state index contributed by atoms with van der Waals surface area (Å²) in [7, 11) is 0. The Labute approximate surface area is 177 Å². The van der Waals surface area contributed by atoms with Crippen LogP contribution in [0, 0.1) is 5.92 Å². The number of amides is 2. The van der Waals surface area contributed by atoms with Crippen LogP contribution in [0.25, 0.3) is 11.1 Å². The first kappa shape index (κ1) is 20.7. The lowest BCUT2D eigenvalue weighted by Crippen LogP contribution is -2.49. The monoisotopic (exact) mass is 413 g/mol. The molecule has 0 bridgehead atoms. The average Bonchev–Trinajstić information content (AvgIpc) is 3.16. The van der Waals surface area contributed by atoms with Crippen molar-refractivity contribution in [3.05, 3.63) is 30.2 Å². The van der Waals surface area contributed by atoms with Gasteiger partial charge in [-0.05, 0) is 58.6 Å². The van der Waals surface area contributed by atoms with Gasteiger partial charge in [0.25, 0.3) is 0 Å². The molecule has 0 aliphatic carbocycles. The van der Waals surface area contributed by atoms with Crippen molar-refractivity contribution in [3.63, 3.8) is 0 Å². The fourth-order valence-electron chi connectivity index (χ4n) is 4.37. The maximum atomic E-state index is 13.3. The zero-order valence-electron chi connectivity index (χ0n) is 18.1. The maximum Gasteiger partial charge on any atom is 0.410 e. The van der Waals surface area contributed by atoms with Crippen LogP contribution in [-0.2, 0) is 9.53 Å². The molecule has 1 aromatic heterocycles. The van der Waals surface area contributed by atoms with Gasteiger partial charge >= 0.3 is 6.09 Å². The Balaban J connectivity index is 1.40. The van der Waals surface area contributed by atoms with E-state index in [0.717, 1.165) is 43.3 Å². The van der Waals surface area contributed by atoms with Gasteiger partial charge in [-0.2, -0.15) is 0 Å². The number of rotatable bonds is 2. The van der Waals surface area contributed by atoms with Crippen molar-refractivity contribution in [2.45, 2.75) is 58.0 Å². The second-order valence-electron chi connectivity index (χ2n) is 9.41. The van der Waals surface area contributed by atoms with Crippen LogP contribution in [0.4, 0.5) is 4.79 Å². The molecule has 2 amide bonds. The van der Waals surface area contributed by atoms with Crippen LogP contribution in [0.2, 0.25) is 0 Å². The van der Waals surface area contributed by atoms with E-state index in [9.17, 15) is 9.59 Å². The van der Waals surface area contributed by atoms with Gasteiger partial charge in [0.1, 0.15) is 11.1 Å². The number of carbonyl (C=O) groups excluding carboxylic acids is 2. The molecule has 0 spiro atoms. The second-order valence-corrected chi connectivity index (χ2v) is 9.41. The topological polar surface area (TPSA) is 75.9 Å². The van der Waals surface area contributed by atoms with Gasteiger partial charge in [-0.15, -0.1) is 0 Å². The van der Waals surface area contributed by atoms with Crippen molar-refractivity contribution in [2.75, 3.05) is 26.2 Å². The highest BCUT2D eigenvalue weighted by Gasteiger charge is 2.35. The number of hydrogen-bond donors (Lipinski definition) is 0. The molecule has 30 heavy (non-hydrogen) atoms. The van der Waals surface area contributed by atoms with Crippen molar-refractivity contribution in [1.29, 1.82) is 0 Å². The first-order valence-electron chi connectivity index (χ1n) is 10.9. The number of ether oxygens (including phenoxy) is 1. The number of nitrogens with zero attached hydrogens (tertiary/aromatic N) is 3. The molecule has 0 saturated carbocycles. The molecular weight excluding hydrogens is 382 g/mol. The molecule has 2 aromatic rings. The minimum Gasteiger partial charge on any atom is -0.444 e. The first-order valence-corrected chi connectivity index (χ1v) is 10.9. The van der Waals surface area contributed by atoms with E-state index < -0.39 is 5.60 Å². The van der Waals surface area contributed by atoms with E-state index in [4.69, 9.17) is 9.15 Å². The summed E-state index contributed by atoms with van der Waals surface area (Å²) in [6, 6.07) is 7.75. The molecule has 2 aliphatic heterocycles. The summed E-state index contributed by atoms with van der Waals surface area (Å²) in [4.78, 5) is 33.9. The maximum absolute atomic E-state index is 13.3. The molecule has 7 nitrogen and oxygen atoms in total. The fourth-order valence-corrected chi connectivity index (χ4v) is 4.37. The molecule has 0 radical (unpaired) electrons. The summed E-state index contributed by atoms with van der Waals surface area (Å²) in [6.07, 6.45) is 3.19. The number of fused-ring (bicyclic) bond motifs is 1. The van der Waals surface area contributed by atoms with Gasteiger partial charge in [0.15, 0.2) is 11.5 Å². The quantitative estimate of drug-likeness (QED) is 0.738. The smallest absolute Gasteiger partial charge is 0.410 e. The first-order chi connectivity index (χ1) is 14.3. The molecule has 2 atom stereocenters. The van der Waals surface area contributed by atoms with Crippen LogP contribution >= 0.6 is 0 Å². The van der Waals surface area contributed by atoms with E-state index in [2.05, 4.69) is 4.98 Å². The number of para-hydroxylation sites is 2. The Morgan fingerprint density at radius 1 is 1.07 bits per heavy atom. The van der Waals surface area contributed by atoms with Crippen LogP contribution in [0.15, 0.2) is 28.7 Å². The zero-order chi connectivity index (χ0) is 21.3. The summed E-state index contributed by atoms with van der Waals surface area (Å²) in [6.45, 7) is 8.02. The second kappa shape index (κ2) is 8.28. The molecular formula is C23H31N3O4. The van der Waals surface area contributed by atoms with Crippen LogP contribution in [0.3, 0.4) is 0 Å². The van der Waals surface area contributed by atoms with E-state index in [-0.39, 0.29) is 23.8 Å². The molecule has 162 valence electrons. The third kappa shape index (κ3) is 4.60. The zero-order valence-corrected chi connectivity index (χ0v) is 18.1. The van der Waals surface area contributed by atoms with Gasteiger partial charge in [-0.25, -0.2) is 9.78 Å². The third-order valence-corrected chi connectivity index (χ3v) is 5.82. The van der Waals surface area contributed by atoms with Gasteiger partial charge in [0.05, 0.1) is 11.8 Å². The van der Waals surface area contributed by atoms with Gasteiger partial charge in [-0.1, -0.05) is 12.1 Å². The minimum atomic E-state index is -0.534. The summed E-state index contributed by atoms with van der Waals surface area (Å²) in [5.41, 5.74) is 1.11. The van der Waals surface area contributed by atoms with Crippen LogP contribution in [-0.4, -0.2) is 58.6 Å². The largest absolute Gasteiger partial charge is 0.444 e. The van der Waals surface area contributed by atoms with E-state index in [1.807, 2.05) is 49.9 Å². The number of oxazole rings is 1. The van der Waals surface area contributed by atoms with Crippen molar-refractivity contribution in [3.8, 4) is 0 Å². The lowest BCUT2D eigenvalue weighted by molar-refractivity contribution is -0.138. The lowest BCUT2D eigenvalue weighted by Gasteiger charge is -2.38. The highest BCUT2D eigenvalue weighted by molar-refractivity contribution is 5.80. The van der Waals surface area contributed by atoms with Crippen LogP contribution in [0.5, 0.6) is 0 Å². The summed E-state index contributed by atoms with van der Waals surface area (Å²) in [5, 5.41) is 0. The van der Waals surface area contributed by atoms with Gasteiger partial charge in [0, 0.05) is 26.2 Å². The van der Waals surface area contributed by atoms with E-state index in [1.54, 1.807) is 4.90 Å². The predicted molar refractivity (Wildman–Crippen MR) is 113 cm³/mol. The molecule has 3 heterocycles. The van der Waals surface area contributed by atoms with E-state index in [0.29, 0.717) is 25.5 Å². The average molecular weight is 414 g/mol. The number of carbonyl (C=O) groups is 2. The highest BCUT2D eigenvalue weighted by Crippen LogP contribution is 2.30. The highest BCUT2D eigenvalue weighted by atomic mass is 16.6. The van der Waals surface area contributed by atoms with Gasteiger partial charge in [0.2, 0.25) is 5.91 Å². The number of aromatic nitrogens is 1. The molecule has 0 N–H and O–H groups in total. The fraction of sp³-hybridized carbons (Fsp3) is 0.609. The molecule has 2 saturated heterocycles. The molecule has 0 unspecified atom stereocenters. The Bertz CT molecular complexity index is 884. The number of likely N-dealkylation sites (tertiary alicyclic amines) is 2. The number of benzene rings is 1. The Hall–Kier alpha value is -2.57. The Morgan fingerprint density at radius 2 is 1.80 bits per heavy atom. The predicted octanol–water partition coefficient (Wildman–Crippen LogP) is 4.18. The normalized spacial score (nSPS) is 22.9. The SMILES string of the molecule is CC(C)(C)OC(=O)N1CCC[C@H](C(=O)N2CCC[C@@H](c3nc4ccccc4o3)C2)C1. The van der Waals surface area contributed by atoms with Crippen molar-refractivity contribution in [1.82, 2.24) is 14.8 Å². The van der Waals surface area contributed by atoms with Crippen molar-refractivity contribution in [2.24, 2.45) is 5.92 Å². The molecule has 7 heteroatoms. The van der Waals surface area contributed by atoms with Gasteiger partial charge in [-0.3, -0.25) is 4.79 Å². The Morgan fingerprint density at radius 3 is 2.57 bits per heavy atom. The summed E-state index contributed by atoms with van der Waals surface area (Å²) in [5.74, 6) is 0.783. The Kier molecular flexibility index (Phi) is 5.71. The molecule has 1 aromatic carbocycles.